The largest absolute Gasteiger partial charge is 0.364 e. The Morgan fingerprint density at radius 1 is 1.08 bits per heavy atom. The second-order valence-electron chi connectivity index (χ2n) is 10.2. The van der Waals surface area contributed by atoms with Crippen LogP contribution in [-0.2, 0) is 16.1 Å². The molecule has 1 aliphatic carbocycles. The molecule has 38 heavy (non-hydrogen) atoms. The van der Waals surface area contributed by atoms with Crippen LogP contribution in [-0.4, -0.2) is 73.9 Å². The number of nitrogens with zero attached hydrogens (tertiary/aromatic N) is 5. The third-order valence-corrected chi connectivity index (χ3v) is 7.52. The molecule has 3 heterocycles. The molecule has 1 aliphatic heterocycles. The van der Waals surface area contributed by atoms with Crippen LogP contribution in [0.1, 0.15) is 42.6 Å². The van der Waals surface area contributed by atoms with Gasteiger partial charge in [0.1, 0.15) is 18.8 Å². The Bertz CT molecular complexity index is 1340. The number of benzene rings is 1. The number of alkyl halides is 1. The fourth-order valence-electron chi connectivity index (χ4n) is 5.41. The molecule has 200 valence electrons. The molecule has 0 radical (unpaired) electrons. The highest BCUT2D eigenvalue weighted by Crippen LogP contribution is 2.28. The van der Waals surface area contributed by atoms with Crippen LogP contribution in [0.4, 0.5) is 4.39 Å². The first kappa shape index (κ1) is 25.7. The normalized spacial score (nSPS) is 23.5. The summed E-state index contributed by atoms with van der Waals surface area (Å²) >= 11 is 0. The van der Waals surface area contributed by atoms with E-state index < -0.39 is 24.0 Å². The number of hydrogen-bond donors (Lipinski definition) is 3. The molecule has 1 aromatic carbocycles. The van der Waals surface area contributed by atoms with Gasteiger partial charge in [-0.05, 0) is 55.4 Å². The molecule has 1 saturated heterocycles. The number of nitrogens with two attached hydrogens (primary N) is 2. The molecule has 5 N–H and O–H groups in total. The number of primary amides is 1. The van der Waals surface area contributed by atoms with Crippen molar-refractivity contribution in [2.24, 2.45) is 17.4 Å². The van der Waals surface area contributed by atoms with Gasteiger partial charge in [-0.15, -0.1) is 0 Å². The lowest BCUT2D eigenvalue weighted by molar-refractivity contribution is -0.139. The Balaban J connectivity index is 1.32. The predicted octanol–water partition coefficient (Wildman–Crippen LogP) is 1.16. The minimum absolute atomic E-state index is 0.0166. The topological polar surface area (TPSA) is 162 Å². The van der Waals surface area contributed by atoms with Crippen LogP contribution in [0.25, 0.3) is 22.0 Å². The fourth-order valence-corrected chi connectivity index (χ4v) is 5.41. The van der Waals surface area contributed by atoms with Crippen molar-refractivity contribution >= 4 is 28.6 Å². The van der Waals surface area contributed by atoms with Crippen molar-refractivity contribution in [1.82, 2.24) is 30.2 Å². The monoisotopic (exact) mass is 522 g/mol. The van der Waals surface area contributed by atoms with E-state index in [1.54, 1.807) is 30.6 Å². The average molecular weight is 523 g/mol. The molecule has 2 fully saturated rings. The number of carbonyl (C=O) groups excluding carboxylic acids is 3. The first-order valence-corrected chi connectivity index (χ1v) is 12.8. The van der Waals surface area contributed by atoms with Crippen LogP contribution in [0.2, 0.25) is 0 Å². The van der Waals surface area contributed by atoms with Gasteiger partial charge >= 0.3 is 0 Å². The number of hydrogen-bond acceptors (Lipinski definition) is 7. The van der Waals surface area contributed by atoms with Crippen molar-refractivity contribution in [2.75, 3.05) is 13.1 Å². The molecule has 2 aliphatic rings. The Morgan fingerprint density at radius 2 is 1.87 bits per heavy atom. The average Bonchev–Trinajstić information content (AvgIpc) is 3.49. The first-order valence-electron chi connectivity index (χ1n) is 12.8. The first-order chi connectivity index (χ1) is 18.3. The smallest absolute Gasteiger partial charge is 0.269 e. The van der Waals surface area contributed by atoms with Crippen LogP contribution >= 0.6 is 0 Å². The number of amides is 3. The minimum Gasteiger partial charge on any atom is -0.364 e. The van der Waals surface area contributed by atoms with Crippen molar-refractivity contribution in [2.45, 2.75) is 56.9 Å². The van der Waals surface area contributed by atoms with E-state index in [1.165, 1.54) is 9.58 Å². The predicted molar refractivity (Wildman–Crippen MR) is 137 cm³/mol. The highest BCUT2D eigenvalue weighted by molar-refractivity contribution is 6.05. The van der Waals surface area contributed by atoms with Gasteiger partial charge < -0.3 is 21.7 Å². The molecule has 11 nitrogen and oxygen atoms in total. The van der Waals surface area contributed by atoms with E-state index in [1.807, 2.05) is 6.07 Å². The molecule has 5 rings (SSSR count). The second kappa shape index (κ2) is 10.8. The maximum Gasteiger partial charge on any atom is 0.269 e. The zero-order valence-electron chi connectivity index (χ0n) is 20.9. The summed E-state index contributed by atoms with van der Waals surface area (Å²) in [5.74, 6) is -1.22. The van der Waals surface area contributed by atoms with Gasteiger partial charge in [0.15, 0.2) is 5.69 Å². The molecule has 1 saturated carbocycles. The van der Waals surface area contributed by atoms with Crippen molar-refractivity contribution in [3.8, 4) is 11.1 Å². The summed E-state index contributed by atoms with van der Waals surface area (Å²) < 4.78 is 15.8. The van der Waals surface area contributed by atoms with Gasteiger partial charge in [-0.2, -0.15) is 15.3 Å². The van der Waals surface area contributed by atoms with Gasteiger partial charge in [-0.3, -0.25) is 19.1 Å². The molecule has 3 aromatic rings. The lowest BCUT2D eigenvalue weighted by Crippen LogP contribution is -2.48. The Kier molecular flexibility index (Phi) is 7.32. The molecule has 0 spiro atoms. The van der Waals surface area contributed by atoms with E-state index >= 15 is 0 Å². The number of carbonyl (C=O) groups is 3. The van der Waals surface area contributed by atoms with Crippen LogP contribution < -0.4 is 16.8 Å². The lowest BCUT2D eigenvalue weighted by atomic mass is 9.86. The summed E-state index contributed by atoms with van der Waals surface area (Å²) in [6, 6.07) is 6.40. The Morgan fingerprint density at radius 3 is 2.58 bits per heavy atom. The number of fused-ring (bicyclic) bond motifs is 1. The lowest BCUT2D eigenvalue weighted by Gasteiger charge is -2.28. The zero-order chi connectivity index (χ0) is 26.8. The number of halogens is 1. The fraction of sp³-hybridized carbons (Fsp3) is 0.462. The molecule has 3 amide bonds. The summed E-state index contributed by atoms with van der Waals surface area (Å²) in [5.41, 5.74) is 13.6. The minimum atomic E-state index is -1.30. The summed E-state index contributed by atoms with van der Waals surface area (Å²) in [6.07, 6.45) is 5.52. The van der Waals surface area contributed by atoms with Crippen LogP contribution in [0.5, 0.6) is 0 Å². The number of likely N-dealkylation sites (tertiary alicyclic amines) is 1. The zero-order valence-corrected chi connectivity index (χ0v) is 20.9. The Labute approximate surface area is 218 Å². The van der Waals surface area contributed by atoms with Crippen LogP contribution in [0.3, 0.4) is 0 Å². The van der Waals surface area contributed by atoms with E-state index in [9.17, 15) is 18.8 Å². The summed E-state index contributed by atoms with van der Waals surface area (Å²) in [6.45, 7) is 0.0509. The molecule has 2 atom stereocenters. The molecule has 2 unspecified atom stereocenters. The standard InChI is InChI=1S/C26H31FN8O3/c27-18-10-22(26(38)30-11-15-1-4-19(28)5-2-15)34(13-18)23(36)14-35-21-6-3-16(17-7-8-31-32-12-17)9-20(21)24(33-35)25(29)37/h3,6-9,12,15,18-19,22H,1-2,4-5,10-11,13-14,28H2,(H2,29,37)(H,30,38). The third kappa shape index (κ3) is 5.35. The van der Waals surface area contributed by atoms with Crippen LogP contribution in [0.15, 0.2) is 36.7 Å². The molecule has 12 heteroatoms. The second-order valence-corrected chi connectivity index (χ2v) is 10.2. The highest BCUT2D eigenvalue weighted by Gasteiger charge is 2.40. The van der Waals surface area contributed by atoms with E-state index in [0.717, 1.165) is 36.8 Å². The SMILES string of the molecule is NC(=O)c1nn(CC(=O)N2CC(F)CC2C(=O)NCC2CCC(N)CC2)c2ccc(-c3ccnnc3)cc12. The van der Waals surface area contributed by atoms with Crippen molar-refractivity contribution in [1.29, 1.82) is 0 Å². The van der Waals surface area contributed by atoms with Gasteiger partial charge in [-0.25, -0.2) is 4.39 Å². The molecule has 0 bridgehead atoms. The van der Waals surface area contributed by atoms with E-state index in [2.05, 4.69) is 20.6 Å². The summed E-state index contributed by atoms with van der Waals surface area (Å²) in [5, 5.41) is 15.3. The quantitative estimate of drug-likeness (QED) is 0.419. The number of rotatable bonds is 7. The highest BCUT2D eigenvalue weighted by atomic mass is 19.1. The van der Waals surface area contributed by atoms with Crippen molar-refractivity contribution in [3.05, 3.63) is 42.4 Å². The van der Waals surface area contributed by atoms with Gasteiger partial charge in [0, 0.05) is 30.0 Å². The summed E-state index contributed by atoms with van der Waals surface area (Å²) in [4.78, 5) is 39.7. The molecular formula is C26H31FN8O3. The maximum absolute atomic E-state index is 14.4. The molecule has 2 aromatic heterocycles. The molecular weight excluding hydrogens is 491 g/mol. The van der Waals surface area contributed by atoms with Gasteiger partial charge in [-0.1, -0.05) is 6.07 Å². The number of nitrogens with one attached hydrogen (secondary N) is 1. The van der Waals surface area contributed by atoms with E-state index in [-0.39, 0.29) is 37.2 Å². The van der Waals surface area contributed by atoms with E-state index in [0.29, 0.717) is 23.4 Å². The number of aromatic nitrogens is 4. The van der Waals surface area contributed by atoms with Gasteiger partial charge in [0.2, 0.25) is 11.8 Å². The van der Waals surface area contributed by atoms with Crippen molar-refractivity contribution in [3.63, 3.8) is 0 Å². The van der Waals surface area contributed by atoms with Crippen molar-refractivity contribution < 1.29 is 18.8 Å². The third-order valence-electron chi connectivity index (χ3n) is 7.52. The Hall–Kier alpha value is -3.93. The van der Waals surface area contributed by atoms with Gasteiger partial charge in [0.05, 0.1) is 24.5 Å². The van der Waals surface area contributed by atoms with Gasteiger partial charge in [0.25, 0.3) is 5.91 Å². The maximum atomic E-state index is 14.4. The van der Waals surface area contributed by atoms with Crippen LogP contribution in [0, 0.1) is 5.92 Å². The van der Waals surface area contributed by atoms with E-state index in [4.69, 9.17) is 11.5 Å². The summed E-state index contributed by atoms with van der Waals surface area (Å²) in [7, 11) is 0.